The number of morpholine rings is 1. The van der Waals surface area contributed by atoms with Gasteiger partial charge in [0.2, 0.25) is 10.0 Å². The van der Waals surface area contributed by atoms with Gasteiger partial charge < -0.3 is 4.74 Å². The van der Waals surface area contributed by atoms with Crippen LogP contribution in [0.5, 0.6) is 0 Å². The SMILES string of the molecule is C=CCSc1nnc(-c2cc(S(=O)(=O)N3CCOCC3)ccc2C)n1-c1ccccc1. The van der Waals surface area contributed by atoms with Crippen LogP contribution in [0.2, 0.25) is 0 Å². The first kappa shape index (κ1) is 21.8. The van der Waals surface area contributed by atoms with E-state index in [4.69, 9.17) is 4.74 Å². The number of aryl methyl sites for hydroxylation is 1. The molecule has 0 atom stereocenters. The highest BCUT2D eigenvalue weighted by molar-refractivity contribution is 7.99. The highest BCUT2D eigenvalue weighted by Crippen LogP contribution is 2.32. The van der Waals surface area contributed by atoms with Gasteiger partial charge >= 0.3 is 0 Å². The summed E-state index contributed by atoms with van der Waals surface area (Å²) in [7, 11) is -3.62. The summed E-state index contributed by atoms with van der Waals surface area (Å²) < 4.78 is 35.1. The molecule has 0 N–H and O–H groups in total. The fourth-order valence-corrected chi connectivity index (χ4v) is 5.54. The van der Waals surface area contributed by atoms with E-state index in [1.54, 1.807) is 12.1 Å². The molecule has 1 fully saturated rings. The second-order valence-corrected chi connectivity index (χ2v) is 10.00. The predicted molar refractivity (Wildman–Crippen MR) is 122 cm³/mol. The first-order valence-electron chi connectivity index (χ1n) is 9.96. The zero-order valence-corrected chi connectivity index (χ0v) is 18.9. The van der Waals surface area contributed by atoms with Gasteiger partial charge in [0.25, 0.3) is 0 Å². The van der Waals surface area contributed by atoms with Gasteiger partial charge in [0, 0.05) is 30.1 Å². The van der Waals surface area contributed by atoms with Crippen LogP contribution >= 0.6 is 11.8 Å². The van der Waals surface area contributed by atoms with Crippen LogP contribution in [0, 0.1) is 6.92 Å². The maximum atomic E-state index is 13.2. The molecule has 2 heterocycles. The Balaban J connectivity index is 1.82. The van der Waals surface area contributed by atoms with E-state index in [1.165, 1.54) is 16.1 Å². The van der Waals surface area contributed by atoms with E-state index >= 15 is 0 Å². The highest BCUT2D eigenvalue weighted by atomic mass is 32.2. The van der Waals surface area contributed by atoms with E-state index in [2.05, 4.69) is 16.8 Å². The molecule has 31 heavy (non-hydrogen) atoms. The van der Waals surface area contributed by atoms with Gasteiger partial charge in [-0.3, -0.25) is 4.57 Å². The van der Waals surface area contributed by atoms with Crippen molar-refractivity contribution in [1.82, 2.24) is 19.1 Å². The molecular formula is C22H24N4O3S2. The number of benzene rings is 2. The van der Waals surface area contributed by atoms with E-state index in [1.807, 2.05) is 54.0 Å². The Morgan fingerprint density at radius 2 is 1.87 bits per heavy atom. The zero-order chi connectivity index (χ0) is 21.8. The molecule has 1 aliphatic rings. The summed E-state index contributed by atoms with van der Waals surface area (Å²) >= 11 is 1.53. The minimum Gasteiger partial charge on any atom is -0.379 e. The molecule has 0 radical (unpaired) electrons. The summed E-state index contributed by atoms with van der Waals surface area (Å²) in [5.74, 6) is 1.30. The summed E-state index contributed by atoms with van der Waals surface area (Å²) in [6.07, 6.45) is 1.81. The fourth-order valence-electron chi connectivity index (χ4n) is 3.42. The average molecular weight is 457 g/mol. The molecule has 9 heteroatoms. The lowest BCUT2D eigenvalue weighted by atomic mass is 10.1. The molecular weight excluding hydrogens is 432 g/mol. The Hall–Kier alpha value is -2.46. The summed E-state index contributed by atoms with van der Waals surface area (Å²) in [5, 5.41) is 9.55. The Morgan fingerprint density at radius 3 is 2.58 bits per heavy atom. The number of ether oxygens (including phenoxy) is 1. The van der Waals surface area contributed by atoms with Crippen LogP contribution < -0.4 is 0 Å². The average Bonchev–Trinajstić information content (AvgIpc) is 3.22. The second-order valence-electron chi connectivity index (χ2n) is 7.07. The van der Waals surface area contributed by atoms with Crippen molar-refractivity contribution in [3.8, 4) is 17.1 Å². The van der Waals surface area contributed by atoms with Gasteiger partial charge in [-0.25, -0.2) is 8.42 Å². The number of sulfonamides is 1. The predicted octanol–water partition coefficient (Wildman–Crippen LogP) is 3.54. The van der Waals surface area contributed by atoms with Crippen LogP contribution in [-0.2, 0) is 14.8 Å². The number of aromatic nitrogens is 3. The van der Waals surface area contributed by atoms with E-state index in [9.17, 15) is 8.42 Å². The Kier molecular flexibility index (Phi) is 6.57. The molecule has 1 aromatic heterocycles. The molecule has 2 aromatic carbocycles. The number of para-hydroxylation sites is 1. The molecule has 0 saturated carbocycles. The molecule has 0 spiro atoms. The van der Waals surface area contributed by atoms with Crippen LogP contribution in [0.4, 0.5) is 0 Å². The van der Waals surface area contributed by atoms with E-state index < -0.39 is 10.0 Å². The molecule has 0 amide bonds. The number of thioether (sulfide) groups is 1. The van der Waals surface area contributed by atoms with Crippen molar-refractivity contribution in [2.24, 2.45) is 0 Å². The Labute approximate surface area is 186 Å². The van der Waals surface area contributed by atoms with Gasteiger partial charge in [-0.2, -0.15) is 4.31 Å². The molecule has 3 aromatic rings. The monoisotopic (exact) mass is 456 g/mol. The molecule has 0 bridgehead atoms. The molecule has 0 aliphatic carbocycles. The van der Waals surface area contributed by atoms with Crippen molar-refractivity contribution in [3.63, 3.8) is 0 Å². The van der Waals surface area contributed by atoms with E-state index in [0.717, 1.165) is 22.0 Å². The van der Waals surface area contributed by atoms with Gasteiger partial charge in [0.05, 0.1) is 18.1 Å². The molecule has 4 rings (SSSR count). The topological polar surface area (TPSA) is 77.3 Å². The number of hydrogen-bond acceptors (Lipinski definition) is 6. The second kappa shape index (κ2) is 9.35. The number of rotatable bonds is 7. The lowest BCUT2D eigenvalue weighted by molar-refractivity contribution is 0.0730. The third-order valence-corrected chi connectivity index (χ3v) is 7.86. The van der Waals surface area contributed by atoms with Gasteiger partial charge in [0.15, 0.2) is 11.0 Å². The maximum absolute atomic E-state index is 13.2. The minimum atomic E-state index is -3.62. The van der Waals surface area contributed by atoms with E-state index in [-0.39, 0.29) is 4.90 Å². The van der Waals surface area contributed by atoms with Crippen molar-refractivity contribution < 1.29 is 13.2 Å². The molecule has 7 nitrogen and oxygen atoms in total. The van der Waals surface area contributed by atoms with Crippen molar-refractivity contribution in [1.29, 1.82) is 0 Å². The van der Waals surface area contributed by atoms with Crippen LogP contribution in [-0.4, -0.2) is 59.5 Å². The first-order chi connectivity index (χ1) is 15.0. The van der Waals surface area contributed by atoms with Gasteiger partial charge in [0.1, 0.15) is 0 Å². The minimum absolute atomic E-state index is 0.248. The third kappa shape index (κ3) is 4.45. The van der Waals surface area contributed by atoms with Gasteiger partial charge in [-0.15, -0.1) is 16.8 Å². The highest BCUT2D eigenvalue weighted by Gasteiger charge is 2.28. The fraction of sp³-hybridized carbons (Fsp3) is 0.273. The van der Waals surface area contributed by atoms with Crippen molar-refractivity contribution >= 4 is 21.8 Å². The first-order valence-corrected chi connectivity index (χ1v) is 12.4. The van der Waals surface area contributed by atoms with Crippen LogP contribution in [0.15, 0.2) is 71.2 Å². The van der Waals surface area contributed by atoms with Crippen LogP contribution in [0.1, 0.15) is 5.56 Å². The Bertz CT molecular complexity index is 1170. The molecule has 1 saturated heterocycles. The van der Waals surface area contributed by atoms with Crippen LogP contribution in [0.3, 0.4) is 0 Å². The number of hydrogen-bond donors (Lipinski definition) is 0. The Morgan fingerprint density at radius 1 is 1.13 bits per heavy atom. The standard InChI is InChI=1S/C22H24N4O3S2/c1-3-15-30-22-24-23-21(26(22)18-7-5-4-6-8-18)20-16-19(10-9-17(20)2)31(27,28)25-11-13-29-14-12-25/h3-10,16H,1,11-15H2,2H3. The largest absolute Gasteiger partial charge is 0.379 e. The lowest BCUT2D eigenvalue weighted by Crippen LogP contribution is -2.40. The van der Waals surface area contributed by atoms with Crippen molar-refractivity contribution in [2.75, 3.05) is 32.1 Å². The summed E-state index contributed by atoms with van der Waals surface area (Å²) in [4.78, 5) is 0.248. The summed E-state index contributed by atoms with van der Waals surface area (Å²) in [6.45, 7) is 7.25. The summed E-state index contributed by atoms with van der Waals surface area (Å²) in [5.41, 5.74) is 2.57. The van der Waals surface area contributed by atoms with Crippen LogP contribution in [0.25, 0.3) is 17.1 Å². The molecule has 0 unspecified atom stereocenters. The van der Waals surface area contributed by atoms with Crippen molar-refractivity contribution in [3.05, 3.63) is 66.7 Å². The van der Waals surface area contributed by atoms with E-state index in [0.29, 0.717) is 37.9 Å². The molecule has 162 valence electrons. The quantitative estimate of drug-likeness (QED) is 0.400. The normalized spacial score (nSPS) is 15.1. The number of nitrogens with zero attached hydrogens (tertiary/aromatic N) is 4. The maximum Gasteiger partial charge on any atom is 0.243 e. The van der Waals surface area contributed by atoms with Crippen molar-refractivity contribution in [2.45, 2.75) is 17.0 Å². The smallest absolute Gasteiger partial charge is 0.243 e. The zero-order valence-electron chi connectivity index (χ0n) is 17.3. The lowest BCUT2D eigenvalue weighted by Gasteiger charge is -2.26. The summed E-state index contributed by atoms with van der Waals surface area (Å²) in [6, 6.07) is 15.0. The third-order valence-electron chi connectivity index (χ3n) is 5.04. The molecule has 1 aliphatic heterocycles. The van der Waals surface area contributed by atoms with Gasteiger partial charge in [-0.05, 0) is 36.8 Å². The van der Waals surface area contributed by atoms with Gasteiger partial charge in [-0.1, -0.05) is 42.1 Å².